The molecule has 1 heterocycles. The zero-order valence-corrected chi connectivity index (χ0v) is 12.4. The van der Waals surface area contributed by atoms with Crippen LogP contribution in [-0.2, 0) is 11.3 Å². The van der Waals surface area contributed by atoms with Crippen molar-refractivity contribution >= 4 is 38.6 Å². The van der Waals surface area contributed by atoms with Crippen LogP contribution in [0, 0.1) is 5.82 Å². The molecule has 0 saturated heterocycles. The number of aromatic nitrogens is 2. The number of halogens is 3. The third-order valence-electron chi connectivity index (χ3n) is 2.69. The van der Waals surface area contributed by atoms with Gasteiger partial charge >= 0.3 is 0 Å². The summed E-state index contributed by atoms with van der Waals surface area (Å²) in [4.78, 5) is 4.45. The van der Waals surface area contributed by atoms with Gasteiger partial charge in [0.05, 0.1) is 27.5 Å². The molecule has 2 aromatic rings. The van der Waals surface area contributed by atoms with Gasteiger partial charge in [0.15, 0.2) is 0 Å². The Bertz CT molecular complexity index is 571. The second-order valence-corrected chi connectivity index (χ2v) is 5.49. The number of ether oxygens (including phenoxy) is 1. The number of methoxy groups -OCH3 is 1. The molecular weight excluding hydrogens is 322 g/mol. The lowest BCUT2D eigenvalue weighted by Crippen LogP contribution is -2.08. The highest BCUT2D eigenvalue weighted by Gasteiger charge is 2.16. The minimum atomic E-state index is -0.310. The molecule has 0 N–H and O–H groups in total. The lowest BCUT2D eigenvalue weighted by Gasteiger charge is -2.09. The van der Waals surface area contributed by atoms with Gasteiger partial charge in [0.2, 0.25) is 0 Å². The molecule has 0 aliphatic rings. The number of alkyl halides is 1. The van der Waals surface area contributed by atoms with E-state index in [1.807, 2.05) is 11.5 Å². The van der Waals surface area contributed by atoms with E-state index >= 15 is 0 Å². The molecule has 18 heavy (non-hydrogen) atoms. The molecule has 98 valence electrons. The van der Waals surface area contributed by atoms with Crippen molar-refractivity contribution in [1.82, 2.24) is 9.55 Å². The van der Waals surface area contributed by atoms with Gasteiger partial charge in [0, 0.05) is 19.7 Å². The molecule has 0 radical (unpaired) electrons. The minimum Gasteiger partial charge on any atom is -0.383 e. The van der Waals surface area contributed by atoms with Crippen molar-refractivity contribution in [3.8, 4) is 0 Å². The van der Waals surface area contributed by atoms with E-state index < -0.39 is 0 Å². The minimum absolute atomic E-state index is 0.240. The van der Waals surface area contributed by atoms with Crippen molar-refractivity contribution in [2.75, 3.05) is 13.7 Å². The van der Waals surface area contributed by atoms with Crippen LogP contribution in [-0.4, -0.2) is 23.3 Å². The molecule has 0 spiro atoms. The first-order valence-corrected chi connectivity index (χ1v) is 6.75. The van der Waals surface area contributed by atoms with Gasteiger partial charge in [-0.25, -0.2) is 9.37 Å². The Kier molecular flexibility index (Phi) is 4.25. The molecule has 1 aromatic carbocycles. The summed E-state index contributed by atoms with van der Waals surface area (Å²) in [5, 5.41) is -0.240. The van der Waals surface area contributed by atoms with Crippen LogP contribution in [0.3, 0.4) is 0 Å². The standard InChI is InChI=1S/C12H13BrClFN2O/c1-7(14)12-16-10-5-8(13)9(15)6-11(10)17(12)3-4-18-2/h5-7H,3-4H2,1-2H3. The van der Waals surface area contributed by atoms with Gasteiger partial charge in [0.1, 0.15) is 11.6 Å². The number of nitrogens with zero attached hydrogens (tertiary/aromatic N) is 2. The zero-order chi connectivity index (χ0) is 13.3. The predicted molar refractivity (Wildman–Crippen MR) is 73.5 cm³/mol. The zero-order valence-electron chi connectivity index (χ0n) is 10.1. The summed E-state index contributed by atoms with van der Waals surface area (Å²) in [5.41, 5.74) is 1.46. The van der Waals surface area contributed by atoms with Gasteiger partial charge in [-0.2, -0.15) is 0 Å². The fraction of sp³-hybridized carbons (Fsp3) is 0.417. The van der Waals surface area contributed by atoms with Crippen LogP contribution in [0.4, 0.5) is 4.39 Å². The molecule has 1 unspecified atom stereocenters. The van der Waals surface area contributed by atoms with E-state index in [2.05, 4.69) is 20.9 Å². The van der Waals surface area contributed by atoms with E-state index in [0.29, 0.717) is 17.6 Å². The van der Waals surface area contributed by atoms with Crippen molar-refractivity contribution in [2.24, 2.45) is 0 Å². The molecule has 0 bridgehead atoms. The van der Waals surface area contributed by atoms with E-state index in [9.17, 15) is 4.39 Å². The Balaban J connectivity index is 2.61. The third kappa shape index (κ3) is 2.53. The van der Waals surface area contributed by atoms with E-state index in [1.54, 1.807) is 13.2 Å². The first-order valence-electron chi connectivity index (χ1n) is 5.52. The smallest absolute Gasteiger partial charge is 0.139 e. The van der Waals surface area contributed by atoms with E-state index in [1.165, 1.54) is 6.07 Å². The summed E-state index contributed by atoms with van der Waals surface area (Å²) >= 11 is 9.27. The van der Waals surface area contributed by atoms with E-state index in [0.717, 1.165) is 16.9 Å². The van der Waals surface area contributed by atoms with Crippen LogP contribution < -0.4 is 0 Å². The summed E-state index contributed by atoms with van der Waals surface area (Å²) in [6.45, 7) is 2.97. The Morgan fingerprint density at radius 3 is 2.89 bits per heavy atom. The Hall–Kier alpha value is -0.650. The van der Waals surface area contributed by atoms with Crippen molar-refractivity contribution in [3.05, 3.63) is 28.2 Å². The number of rotatable bonds is 4. The summed E-state index contributed by atoms with van der Waals surface area (Å²) in [6, 6.07) is 3.13. The summed E-state index contributed by atoms with van der Waals surface area (Å²) < 4.78 is 21.0. The Labute approximate surface area is 118 Å². The van der Waals surface area contributed by atoms with Crippen molar-refractivity contribution < 1.29 is 9.13 Å². The predicted octanol–water partition coefficient (Wildman–Crippen LogP) is 3.88. The second-order valence-electron chi connectivity index (χ2n) is 3.99. The molecule has 6 heteroatoms. The van der Waals surface area contributed by atoms with E-state index in [4.69, 9.17) is 16.3 Å². The van der Waals surface area contributed by atoms with Crippen LogP contribution in [0.2, 0.25) is 0 Å². The highest BCUT2D eigenvalue weighted by Crippen LogP contribution is 2.28. The number of fused-ring (bicyclic) bond motifs is 1. The lowest BCUT2D eigenvalue weighted by molar-refractivity contribution is 0.187. The summed E-state index contributed by atoms with van der Waals surface area (Å²) in [7, 11) is 1.63. The highest BCUT2D eigenvalue weighted by molar-refractivity contribution is 9.10. The molecule has 0 amide bonds. The molecule has 1 aromatic heterocycles. The van der Waals surface area contributed by atoms with Crippen LogP contribution >= 0.6 is 27.5 Å². The number of imidazole rings is 1. The first kappa shape index (κ1) is 13.8. The molecule has 0 aliphatic heterocycles. The monoisotopic (exact) mass is 334 g/mol. The fourth-order valence-electron chi connectivity index (χ4n) is 1.86. The van der Waals surface area contributed by atoms with Crippen LogP contribution in [0.1, 0.15) is 18.1 Å². The quantitative estimate of drug-likeness (QED) is 0.793. The summed E-state index contributed by atoms with van der Waals surface area (Å²) in [5.74, 6) is 0.413. The average molecular weight is 336 g/mol. The van der Waals surface area contributed by atoms with Crippen molar-refractivity contribution in [1.29, 1.82) is 0 Å². The molecule has 0 fully saturated rings. The van der Waals surface area contributed by atoms with Gasteiger partial charge in [-0.3, -0.25) is 0 Å². The summed E-state index contributed by atoms with van der Waals surface area (Å²) in [6.07, 6.45) is 0. The van der Waals surface area contributed by atoms with Gasteiger partial charge < -0.3 is 9.30 Å². The van der Waals surface area contributed by atoms with Gasteiger partial charge in [-0.1, -0.05) is 0 Å². The Morgan fingerprint density at radius 2 is 2.28 bits per heavy atom. The fourth-order valence-corrected chi connectivity index (χ4v) is 2.36. The molecule has 0 aliphatic carbocycles. The highest BCUT2D eigenvalue weighted by atomic mass is 79.9. The number of hydrogen-bond donors (Lipinski definition) is 0. The van der Waals surface area contributed by atoms with Crippen LogP contribution in [0.25, 0.3) is 11.0 Å². The maximum Gasteiger partial charge on any atom is 0.139 e. The normalized spacial score (nSPS) is 13.2. The lowest BCUT2D eigenvalue weighted by atomic mass is 10.3. The van der Waals surface area contributed by atoms with Crippen LogP contribution in [0.15, 0.2) is 16.6 Å². The van der Waals surface area contributed by atoms with E-state index in [-0.39, 0.29) is 11.2 Å². The van der Waals surface area contributed by atoms with Crippen molar-refractivity contribution in [2.45, 2.75) is 18.8 Å². The third-order valence-corrected chi connectivity index (χ3v) is 3.50. The molecule has 1 atom stereocenters. The van der Waals surface area contributed by atoms with Gasteiger partial charge in [0.25, 0.3) is 0 Å². The molecule has 0 saturated carbocycles. The van der Waals surface area contributed by atoms with Gasteiger partial charge in [-0.05, 0) is 28.9 Å². The average Bonchev–Trinajstić information content (AvgIpc) is 2.65. The SMILES string of the molecule is COCCn1c(C(C)Cl)nc2cc(Br)c(F)cc21. The second kappa shape index (κ2) is 5.55. The van der Waals surface area contributed by atoms with Crippen LogP contribution in [0.5, 0.6) is 0 Å². The number of benzene rings is 1. The number of hydrogen-bond acceptors (Lipinski definition) is 2. The molecule has 3 nitrogen and oxygen atoms in total. The molecule has 2 rings (SSSR count). The molecular formula is C12H13BrClFN2O. The largest absolute Gasteiger partial charge is 0.383 e. The topological polar surface area (TPSA) is 27.1 Å². The maximum atomic E-state index is 13.6. The first-order chi connectivity index (χ1) is 8.54. The van der Waals surface area contributed by atoms with Crippen molar-refractivity contribution in [3.63, 3.8) is 0 Å². The maximum absolute atomic E-state index is 13.6. The Morgan fingerprint density at radius 1 is 1.56 bits per heavy atom. The van der Waals surface area contributed by atoms with Gasteiger partial charge in [-0.15, -0.1) is 11.6 Å².